The molecule has 0 amide bonds. The van der Waals surface area contributed by atoms with E-state index in [2.05, 4.69) is 10.3 Å². The number of nitrogens with one attached hydrogen (secondary N) is 1. The zero-order valence-electron chi connectivity index (χ0n) is 15.3. The molecular formula is C18H23F3N4O3. The standard InChI is InChI=1S/C18H23F3N4O3/c19-18(20,21)13-1-4-24-15(26)6-14(22-7-12-11-5-10(11)8-28-12)23-16(24)25(13)9-17(27)2-3-17/h6,10-13,22,27H,1-5,7-9H2. The van der Waals surface area contributed by atoms with Crippen LogP contribution in [0.4, 0.5) is 24.9 Å². The fourth-order valence-corrected chi connectivity index (χ4v) is 4.41. The highest BCUT2D eigenvalue weighted by molar-refractivity contribution is 5.45. The molecule has 1 saturated heterocycles. The Labute approximate surface area is 159 Å². The number of aliphatic hydroxyl groups is 1. The van der Waals surface area contributed by atoms with E-state index in [1.54, 1.807) is 0 Å². The summed E-state index contributed by atoms with van der Waals surface area (Å²) in [6, 6.07) is -0.439. The number of fused-ring (bicyclic) bond motifs is 2. The number of halogens is 3. The highest BCUT2D eigenvalue weighted by atomic mass is 19.4. The first kappa shape index (κ1) is 18.2. The van der Waals surface area contributed by atoms with Crippen molar-refractivity contribution in [3.63, 3.8) is 0 Å². The summed E-state index contributed by atoms with van der Waals surface area (Å²) in [6.07, 6.45) is -2.59. The number of anilines is 2. The maximum absolute atomic E-state index is 13.6. The summed E-state index contributed by atoms with van der Waals surface area (Å²) >= 11 is 0. The van der Waals surface area contributed by atoms with Crippen LogP contribution in [0, 0.1) is 11.8 Å². The fourth-order valence-electron chi connectivity index (χ4n) is 4.41. The average molecular weight is 400 g/mol. The lowest BCUT2D eigenvalue weighted by Crippen LogP contribution is -2.55. The lowest BCUT2D eigenvalue weighted by Gasteiger charge is -2.40. The fraction of sp³-hybridized carbons (Fsp3) is 0.778. The van der Waals surface area contributed by atoms with E-state index in [9.17, 15) is 23.1 Å². The second-order valence-corrected chi connectivity index (χ2v) is 8.54. The van der Waals surface area contributed by atoms with Crippen LogP contribution in [0.1, 0.15) is 25.7 Å². The number of ether oxygens (including phenoxy) is 1. The summed E-state index contributed by atoms with van der Waals surface area (Å²) in [6.45, 7) is 0.999. The van der Waals surface area contributed by atoms with Gasteiger partial charge in [-0.05, 0) is 37.5 Å². The van der Waals surface area contributed by atoms with Crippen molar-refractivity contribution in [2.75, 3.05) is 29.9 Å². The summed E-state index contributed by atoms with van der Waals surface area (Å²) in [7, 11) is 0. The molecule has 4 atom stereocenters. The lowest BCUT2D eigenvalue weighted by atomic mass is 10.1. The van der Waals surface area contributed by atoms with Crippen molar-refractivity contribution in [2.24, 2.45) is 11.8 Å². The Morgan fingerprint density at radius 2 is 2.18 bits per heavy atom. The van der Waals surface area contributed by atoms with Gasteiger partial charge >= 0.3 is 6.18 Å². The van der Waals surface area contributed by atoms with E-state index < -0.39 is 23.4 Å². The molecule has 5 rings (SSSR count). The van der Waals surface area contributed by atoms with E-state index in [-0.39, 0.29) is 37.4 Å². The molecule has 28 heavy (non-hydrogen) atoms. The molecular weight excluding hydrogens is 377 g/mol. The molecule has 0 bridgehead atoms. The van der Waals surface area contributed by atoms with Crippen molar-refractivity contribution in [1.82, 2.24) is 9.55 Å². The van der Waals surface area contributed by atoms with Crippen molar-refractivity contribution >= 4 is 11.8 Å². The summed E-state index contributed by atoms with van der Waals surface area (Å²) in [4.78, 5) is 17.9. The molecule has 4 aliphatic rings. The average Bonchev–Trinajstić information content (AvgIpc) is 3.52. The van der Waals surface area contributed by atoms with Crippen LogP contribution in [0.3, 0.4) is 0 Å². The van der Waals surface area contributed by atoms with E-state index in [0.717, 1.165) is 17.9 Å². The molecule has 1 aromatic rings. The van der Waals surface area contributed by atoms with Gasteiger partial charge in [0.2, 0.25) is 5.95 Å². The third-order valence-electron chi connectivity index (χ3n) is 6.38. The van der Waals surface area contributed by atoms with Gasteiger partial charge in [0.25, 0.3) is 5.56 Å². The molecule has 0 radical (unpaired) electrons. The molecule has 2 saturated carbocycles. The van der Waals surface area contributed by atoms with Crippen LogP contribution >= 0.6 is 0 Å². The van der Waals surface area contributed by atoms with Crippen LogP contribution < -0.4 is 15.8 Å². The maximum Gasteiger partial charge on any atom is 0.408 e. The smallest absolute Gasteiger partial charge is 0.388 e. The molecule has 2 aliphatic carbocycles. The predicted octanol–water partition coefficient (Wildman–Crippen LogP) is 1.36. The number of hydrogen-bond acceptors (Lipinski definition) is 6. The van der Waals surface area contributed by atoms with E-state index in [4.69, 9.17) is 4.74 Å². The van der Waals surface area contributed by atoms with E-state index in [1.807, 2.05) is 0 Å². The molecule has 0 spiro atoms. The highest BCUT2D eigenvalue weighted by Crippen LogP contribution is 2.48. The second kappa shape index (κ2) is 6.09. The number of rotatable bonds is 5. The molecule has 154 valence electrons. The van der Waals surface area contributed by atoms with Gasteiger partial charge in [-0.1, -0.05) is 0 Å². The van der Waals surface area contributed by atoms with Gasteiger partial charge in [-0.25, -0.2) is 0 Å². The van der Waals surface area contributed by atoms with E-state index in [0.29, 0.717) is 31.2 Å². The van der Waals surface area contributed by atoms with Gasteiger partial charge in [0.1, 0.15) is 11.9 Å². The topological polar surface area (TPSA) is 79.6 Å². The summed E-state index contributed by atoms with van der Waals surface area (Å²) < 4.78 is 47.8. The molecule has 0 aromatic carbocycles. The minimum absolute atomic E-state index is 0.0273. The highest BCUT2D eigenvalue weighted by Gasteiger charge is 2.52. The first-order chi connectivity index (χ1) is 13.2. The second-order valence-electron chi connectivity index (χ2n) is 8.54. The third-order valence-corrected chi connectivity index (χ3v) is 6.38. The Morgan fingerprint density at radius 1 is 1.39 bits per heavy atom. The molecule has 3 fully saturated rings. The zero-order chi connectivity index (χ0) is 19.7. The summed E-state index contributed by atoms with van der Waals surface area (Å²) in [5.74, 6) is 1.37. The van der Waals surface area contributed by atoms with Crippen LogP contribution in [0.15, 0.2) is 10.9 Å². The quantitative estimate of drug-likeness (QED) is 0.777. The molecule has 2 N–H and O–H groups in total. The molecule has 1 aromatic heterocycles. The van der Waals surface area contributed by atoms with Crippen LogP contribution in [0.2, 0.25) is 0 Å². The minimum atomic E-state index is -4.46. The van der Waals surface area contributed by atoms with Crippen LogP contribution in [0.25, 0.3) is 0 Å². The van der Waals surface area contributed by atoms with Gasteiger partial charge in [0.05, 0.1) is 24.9 Å². The number of hydrogen-bond donors (Lipinski definition) is 2. The Bertz CT molecular complexity index is 838. The Hall–Kier alpha value is -1.81. The van der Waals surface area contributed by atoms with E-state index in [1.165, 1.54) is 10.6 Å². The summed E-state index contributed by atoms with van der Waals surface area (Å²) in [5.41, 5.74) is -1.52. The van der Waals surface area contributed by atoms with Crippen molar-refractivity contribution in [2.45, 2.75) is 56.2 Å². The van der Waals surface area contributed by atoms with Gasteiger partial charge in [-0.3, -0.25) is 9.36 Å². The van der Waals surface area contributed by atoms with Crippen molar-refractivity contribution in [3.8, 4) is 0 Å². The SMILES string of the molecule is O=c1cc(NCC2OCC3CC32)nc2n1CCC(C(F)(F)F)N2CC1(O)CC1. The number of aromatic nitrogens is 2. The largest absolute Gasteiger partial charge is 0.408 e. The zero-order valence-corrected chi connectivity index (χ0v) is 15.3. The van der Waals surface area contributed by atoms with Crippen LogP contribution in [0.5, 0.6) is 0 Å². The molecule has 3 heterocycles. The van der Waals surface area contributed by atoms with Gasteiger partial charge in [-0.15, -0.1) is 0 Å². The van der Waals surface area contributed by atoms with Gasteiger partial charge in [0, 0.05) is 19.2 Å². The summed E-state index contributed by atoms with van der Waals surface area (Å²) in [5, 5.41) is 13.3. The Kier molecular flexibility index (Phi) is 3.97. The number of nitrogens with zero attached hydrogens (tertiary/aromatic N) is 3. The van der Waals surface area contributed by atoms with Gasteiger partial charge < -0.3 is 20.1 Å². The van der Waals surface area contributed by atoms with Gasteiger partial charge in [-0.2, -0.15) is 18.2 Å². The monoisotopic (exact) mass is 400 g/mol. The third kappa shape index (κ3) is 3.26. The normalized spacial score (nSPS) is 32.6. The minimum Gasteiger partial charge on any atom is -0.388 e. The van der Waals surface area contributed by atoms with Crippen molar-refractivity contribution < 1.29 is 23.0 Å². The number of β-amino-alcohol motifs (C(OH)–C–C–N with tert-alkyl or cyclic N) is 1. The van der Waals surface area contributed by atoms with Crippen molar-refractivity contribution in [3.05, 3.63) is 16.4 Å². The predicted molar refractivity (Wildman–Crippen MR) is 94.3 cm³/mol. The first-order valence-corrected chi connectivity index (χ1v) is 9.77. The van der Waals surface area contributed by atoms with Gasteiger partial charge in [0.15, 0.2) is 0 Å². The molecule has 7 nitrogen and oxygen atoms in total. The molecule has 10 heteroatoms. The van der Waals surface area contributed by atoms with E-state index >= 15 is 0 Å². The number of alkyl halides is 3. The Morgan fingerprint density at radius 3 is 2.79 bits per heavy atom. The maximum atomic E-state index is 13.6. The van der Waals surface area contributed by atoms with Crippen LogP contribution in [-0.2, 0) is 11.3 Å². The van der Waals surface area contributed by atoms with Crippen LogP contribution in [-0.4, -0.2) is 58.3 Å². The van der Waals surface area contributed by atoms with Crippen molar-refractivity contribution in [1.29, 1.82) is 0 Å². The molecule has 2 aliphatic heterocycles. The Balaban J connectivity index is 1.42. The lowest BCUT2D eigenvalue weighted by molar-refractivity contribution is -0.153. The molecule has 4 unspecified atom stereocenters. The first-order valence-electron chi connectivity index (χ1n) is 9.77.